The van der Waals surface area contributed by atoms with E-state index in [-0.39, 0.29) is 6.42 Å². The van der Waals surface area contributed by atoms with Gasteiger partial charge in [0.25, 0.3) is 9.04 Å². The summed E-state index contributed by atoms with van der Waals surface area (Å²) >= 11 is 0. The Bertz CT molecular complexity index is 824. The summed E-state index contributed by atoms with van der Waals surface area (Å²) in [6.45, 7) is -0.881. The maximum atomic E-state index is 14.0. The molecule has 1 aliphatic rings. The Balaban J connectivity index is 3.72. The molecule has 0 N–H and O–H groups in total. The molecule has 222 valence electrons. The second-order valence-corrected chi connectivity index (χ2v) is 10.2. The summed E-state index contributed by atoms with van der Waals surface area (Å²) in [7, 11) is -5.15. The van der Waals surface area contributed by atoms with Crippen molar-refractivity contribution in [1.29, 1.82) is 0 Å². The van der Waals surface area contributed by atoms with Gasteiger partial charge in [0.05, 0.1) is 0 Å². The second kappa shape index (κ2) is 8.86. The third-order valence-corrected chi connectivity index (χ3v) is 7.86. The van der Waals surface area contributed by atoms with Crippen molar-refractivity contribution in [2.45, 2.75) is 78.0 Å². The molecule has 0 aromatic carbocycles. The van der Waals surface area contributed by atoms with E-state index in [1.807, 2.05) is 0 Å². The van der Waals surface area contributed by atoms with Gasteiger partial charge in [0.2, 0.25) is 0 Å². The van der Waals surface area contributed by atoms with Crippen molar-refractivity contribution >= 4 is 9.04 Å². The summed E-state index contributed by atoms with van der Waals surface area (Å²) < 4.78 is 283. The van der Waals surface area contributed by atoms with Crippen LogP contribution < -0.4 is 0 Å². The van der Waals surface area contributed by atoms with Crippen LogP contribution in [0.4, 0.5) is 92.2 Å². The van der Waals surface area contributed by atoms with Crippen LogP contribution in [0.3, 0.4) is 0 Å². The molecule has 1 atom stereocenters. The van der Waals surface area contributed by atoms with Crippen LogP contribution in [0.5, 0.6) is 0 Å². The first kappa shape index (κ1) is 33.7. The Morgan fingerprint density at radius 1 is 0.378 bits per heavy atom. The van der Waals surface area contributed by atoms with Gasteiger partial charge in [0, 0.05) is 6.61 Å². The van der Waals surface area contributed by atoms with Crippen molar-refractivity contribution in [1.82, 2.24) is 0 Å². The highest BCUT2D eigenvalue weighted by atomic mass is 28.3. The van der Waals surface area contributed by atoms with Crippen molar-refractivity contribution in [3.05, 3.63) is 0 Å². The predicted molar refractivity (Wildman–Crippen MR) is 77.7 cm³/mol. The summed E-state index contributed by atoms with van der Waals surface area (Å²) in [6, 6.07) is -1.23. The fourth-order valence-electron chi connectivity index (χ4n) is 2.80. The Morgan fingerprint density at radius 3 is 0.946 bits per heavy atom. The van der Waals surface area contributed by atoms with Gasteiger partial charge in [-0.2, -0.15) is 83.4 Å². The standard InChI is InChI=1S/C14H9F21OSi/c15-5(16,7(19,20)9(23,24)11(27,28)13(31,32)33)6(17,18)8(21,22)10(25,26)12(29,30)14(34,35)37-4-2-1-3-36-37/h37H,1-4H2. The van der Waals surface area contributed by atoms with E-state index in [4.69, 9.17) is 0 Å². The normalized spacial score (nSPS) is 20.8. The zero-order valence-electron chi connectivity index (χ0n) is 16.8. The van der Waals surface area contributed by atoms with Crippen molar-refractivity contribution in [2.75, 3.05) is 6.61 Å². The summed E-state index contributed by atoms with van der Waals surface area (Å²) in [5, 5.41) is 0. The zero-order chi connectivity index (χ0) is 30.1. The Morgan fingerprint density at radius 2 is 0.676 bits per heavy atom. The van der Waals surface area contributed by atoms with Gasteiger partial charge in [-0.1, -0.05) is 6.42 Å². The molecule has 1 aliphatic heterocycles. The van der Waals surface area contributed by atoms with Gasteiger partial charge in [0.15, 0.2) is 0 Å². The van der Waals surface area contributed by atoms with E-state index in [0.29, 0.717) is 0 Å². The molecule has 1 rings (SSSR count). The molecule has 1 fully saturated rings. The number of alkyl halides is 21. The first-order valence-corrected chi connectivity index (χ1v) is 10.8. The molecular formula is C14H9F21OSi. The SMILES string of the molecule is FC(F)(F)C(F)(F)C(F)(F)C(F)(F)C(F)(F)C(F)(F)C(F)(F)C(F)(F)C(F)(F)C(F)(F)[SiH]1CCCCO1. The average Bonchev–Trinajstić information content (AvgIpc) is 2.72. The summed E-state index contributed by atoms with van der Waals surface area (Å²) in [4.78, 5) is 0. The lowest BCUT2D eigenvalue weighted by atomic mass is 9.87. The van der Waals surface area contributed by atoms with Gasteiger partial charge in [-0.25, -0.2) is 8.78 Å². The van der Waals surface area contributed by atoms with Gasteiger partial charge in [0.1, 0.15) is 0 Å². The monoisotopic (exact) mass is 620 g/mol. The fourth-order valence-corrected chi connectivity index (χ4v) is 5.23. The molecule has 1 saturated heterocycles. The van der Waals surface area contributed by atoms with E-state index in [0.717, 1.165) is 0 Å². The lowest BCUT2D eigenvalue weighted by Crippen LogP contribution is -2.77. The van der Waals surface area contributed by atoms with Gasteiger partial charge in [-0.15, -0.1) is 0 Å². The van der Waals surface area contributed by atoms with Crippen LogP contribution in [0, 0.1) is 0 Å². The topological polar surface area (TPSA) is 9.23 Å². The first-order chi connectivity index (χ1) is 15.9. The molecule has 37 heavy (non-hydrogen) atoms. The van der Waals surface area contributed by atoms with Crippen molar-refractivity contribution < 1.29 is 96.6 Å². The van der Waals surface area contributed by atoms with Gasteiger partial charge >= 0.3 is 59.1 Å². The largest absolute Gasteiger partial charge is 0.460 e. The van der Waals surface area contributed by atoms with Crippen LogP contribution in [-0.2, 0) is 4.43 Å². The molecule has 0 aromatic rings. The first-order valence-electron chi connectivity index (χ1n) is 8.94. The van der Waals surface area contributed by atoms with E-state index < -0.39 is 87.2 Å². The molecule has 0 bridgehead atoms. The quantitative estimate of drug-likeness (QED) is 0.194. The minimum absolute atomic E-state index is 0.187. The van der Waals surface area contributed by atoms with E-state index in [1.165, 1.54) is 0 Å². The Kier molecular flexibility index (Phi) is 8.08. The minimum atomic E-state index is -9.14. The third kappa shape index (κ3) is 4.23. The third-order valence-electron chi connectivity index (χ3n) is 5.12. The van der Waals surface area contributed by atoms with E-state index in [1.54, 1.807) is 0 Å². The zero-order valence-corrected chi connectivity index (χ0v) is 17.9. The van der Waals surface area contributed by atoms with Crippen LogP contribution in [0.1, 0.15) is 12.8 Å². The predicted octanol–water partition coefficient (Wildman–Crippen LogP) is 7.34. The number of hydrogen-bond donors (Lipinski definition) is 0. The van der Waals surface area contributed by atoms with Crippen LogP contribution in [0.25, 0.3) is 0 Å². The number of hydrogen-bond acceptors (Lipinski definition) is 1. The molecule has 0 radical (unpaired) electrons. The maximum absolute atomic E-state index is 14.0. The molecule has 0 aromatic heterocycles. The molecule has 23 heteroatoms. The van der Waals surface area contributed by atoms with Crippen molar-refractivity contribution in [2.24, 2.45) is 0 Å². The van der Waals surface area contributed by atoms with Gasteiger partial charge in [-0.3, -0.25) is 0 Å². The molecule has 1 nitrogen and oxygen atoms in total. The molecule has 0 aliphatic carbocycles. The lowest BCUT2D eigenvalue weighted by Gasteiger charge is -2.45. The molecule has 0 amide bonds. The van der Waals surface area contributed by atoms with E-state index in [2.05, 4.69) is 4.43 Å². The lowest BCUT2D eigenvalue weighted by molar-refractivity contribution is -0.472. The molecule has 1 heterocycles. The molecule has 0 saturated carbocycles. The number of rotatable bonds is 9. The highest BCUT2D eigenvalue weighted by molar-refractivity contribution is 6.55. The summed E-state index contributed by atoms with van der Waals surface area (Å²) in [5.41, 5.74) is -6.54. The van der Waals surface area contributed by atoms with Gasteiger partial charge < -0.3 is 4.43 Å². The van der Waals surface area contributed by atoms with Crippen LogP contribution in [0.2, 0.25) is 6.04 Å². The fraction of sp³-hybridized carbons (Fsp3) is 1.00. The van der Waals surface area contributed by atoms with Crippen LogP contribution in [-0.4, -0.2) is 74.7 Å². The van der Waals surface area contributed by atoms with E-state index >= 15 is 0 Å². The Hall–Kier alpha value is -1.29. The molecule has 1 unspecified atom stereocenters. The van der Waals surface area contributed by atoms with Gasteiger partial charge in [-0.05, 0) is 12.5 Å². The smallest absolute Gasteiger partial charge is 0.413 e. The average molecular weight is 620 g/mol. The highest BCUT2D eigenvalue weighted by Crippen LogP contribution is 2.66. The molecule has 0 spiro atoms. The summed E-state index contributed by atoms with van der Waals surface area (Å²) in [5.74, 6) is -69.9. The second-order valence-electron chi connectivity index (χ2n) is 7.57. The van der Waals surface area contributed by atoms with Crippen LogP contribution in [0.15, 0.2) is 0 Å². The minimum Gasteiger partial charge on any atom is -0.413 e. The van der Waals surface area contributed by atoms with E-state index in [9.17, 15) is 92.2 Å². The Labute approximate surface area is 191 Å². The van der Waals surface area contributed by atoms with Crippen molar-refractivity contribution in [3.8, 4) is 0 Å². The number of halogens is 21. The molecular weight excluding hydrogens is 611 g/mol. The van der Waals surface area contributed by atoms with Crippen molar-refractivity contribution in [3.63, 3.8) is 0 Å². The van der Waals surface area contributed by atoms with Crippen LogP contribution >= 0.6 is 0 Å². The maximum Gasteiger partial charge on any atom is 0.460 e. The highest BCUT2D eigenvalue weighted by Gasteiger charge is 2.98. The summed E-state index contributed by atoms with van der Waals surface area (Å²) in [6.07, 6.45) is -8.68.